The second-order valence-corrected chi connectivity index (χ2v) is 2.22. The van der Waals surface area contributed by atoms with Crippen LogP contribution < -0.4 is 5.73 Å². The van der Waals surface area contributed by atoms with E-state index in [2.05, 4.69) is 6.58 Å². The van der Waals surface area contributed by atoms with Crippen LogP contribution in [0.5, 0.6) is 0 Å². The summed E-state index contributed by atoms with van der Waals surface area (Å²) in [5.74, 6) is 0. The van der Waals surface area contributed by atoms with E-state index in [1.807, 2.05) is 25.2 Å². The predicted octanol–water partition coefficient (Wildman–Crippen LogP) is 1.72. The molecule has 0 unspecified atom stereocenters. The smallest absolute Gasteiger partial charge is 0.165 e. The zero-order valence-corrected chi connectivity index (χ0v) is 7.16. The summed E-state index contributed by atoms with van der Waals surface area (Å²) in [5, 5.41) is 0. The molecule has 0 aliphatic heterocycles. The molecule has 0 aromatic carbocycles. The number of hydrogen-bond donors (Lipinski definition) is 1. The van der Waals surface area contributed by atoms with E-state index >= 15 is 0 Å². The van der Waals surface area contributed by atoms with Gasteiger partial charge in [0.15, 0.2) is 6.29 Å². The quantitative estimate of drug-likeness (QED) is 0.389. The van der Waals surface area contributed by atoms with Crippen molar-refractivity contribution in [1.82, 2.24) is 0 Å². The molecule has 0 saturated carbocycles. The van der Waals surface area contributed by atoms with Gasteiger partial charge in [0, 0.05) is 0 Å². The number of allylic oxidation sites excluding steroid dienone is 7. The van der Waals surface area contributed by atoms with Crippen molar-refractivity contribution in [3.8, 4) is 0 Å². The maximum atomic E-state index is 10.1. The van der Waals surface area contributed by atoms with E-state index in [0.29, 0.717) is 11.9 Å². The zero-order valence-electron chi connectivity index (χ0n) is 7.16. The summed E-state index contributed by atoms with van der Waals surface area (Å²) in [5.41, 5.74) is 6.15. The number of carbonyl (C=O) groups is 1. The Morgan fingerprint density at radius 3 is 2.58 bits per heavy atom. The molecule has 2 heteroatoms. The van der Waals surface area contributed by atoms with Crippen molar-refractivity contribution < 1.29 is 4.79 Å². The third-order valence-corrected chi connectivity index (χ3v) is 1.10. The number of carbonyl (C=O) groups excluding carboxylic acids is 1. The van der Waals surface area contributed by atoms with Crippen molar-refractivity contribution in [2.24, 2.45) is 5.73 Å². The maximum Gasteiger partial charge on any atom is 0.165 e. The molecular formula is C10H13NO. The van der Waals surface area contributed by atoms with E-state index in [0.717, 1.165) is 0 Å². The van der Waals surface area contributed by atoms with Gasteiger partial charge in [0.2, 0.25) is 0 Å². The third kappa shape index (κ3) is 5.23. The monoisotopic (exact) mass is 163 g/mol. The van der Waals surface area contributed by atoms with Gasteiger partial charge in [-0.25, -0.2) is 0 Å². The second-order valence-electron chi connectivity index (χ2n) is 2.22. The van der Waals surface area contributed by atoms with E-state index < -0.39 is 0 Å². The molecule has 0 atom stereocenters. The molecule has 0 fully saturated rings. The molecule has 0 amide bonds. The van der Waals surface area contributed by atoms with Crippen molar-refractivity contribution in [2.75, 3.05) is 0 Å². The number of nitrogens with two attached hydrogens (primary N) is 1. The number of aldehydes is 1. The van der Waals surface area contributed by atoms with E-state index in [9.17, 15) is 4.79 Å². The maximum absolute atomic E-state index is 10.1. The van der Waals surface area contributed by atoms with Gasteiger partial charge in [0.05, 0.1) is 5.70 Å². The van der Waals surface area contributed by atoms with Crippen molar-refractivity contribution in [3.63, 3.8) is 0 Å². The van der Waals surface area contributed by atoms with E-state index in [4.69, 9.17) is 5.73 Å². The fourth-order valence-corrected chi connectivity index (χ4v) is 0.586. The van der Waals surface area contributed by atoms with Crippen molar-refractivity contribution in [1.29, 1.82) is 0 Å². The highest BCUT2D eigenvalue weighted by Crippen LogP contribution is 1.96. The Morgan fingerprint density at radius 2 is 2.08 bits per heavy atom. The summed E-state index contributed by atoms with van der Waals surface area (Å²) in [6.07, 6.45) is 9.49. The summed E-state index contributed by atoms with van der Waals surface area (Å²) in [7, 11) is 0. The van der Waals surface area contributed by atoms with Crippen LogP contribution in [0.15, 0.2) is 48.2 Å². The topological polar surface area (TPSA) is 43.1 Å². The molecular weight excluding hydrogens is 150 g/mol. The Kier molecular flexibility index (Phi) is 5.35. The zero-order chi connectivity index (χ0) is 9.40. The Morgan fingerprint density at radius 1 is 1.42 bits per heavy atom. The summed E-state index contributed by atoms with van der Waals surface area (Å²) >= 11 is 0. The van der Waals surface area contributed by atoms with Crippen LogP contribution in [0.2, 0.25) is 0 Å². The minimum Gasteiger partial charge on any atom is -0.396 e. The average molecular weight is 163 g/mol. The summed E-state index contributed by atoms with van der Waals surface area (Å²) in [6, 6.07) is 0. The fourth-order valence-electron chi connectivity index (χ4n) is 0.586. The third-order valence-electron chi connectivity index (χ3n) is 1.10. The van der Waals surface area contributed by atoms with Crippen LogP contribution in [-0.4, -0.2) is 6.29 Å². The molecule has 0 saturated heterocycles. The van der Waals surface area contributed by atoms with Gasteiger partial charge < -0.3 is 5.73 Å². The molecule has 0 aliphatic carbocycles. The molecule has 0 radical (unpaired) electrons. The van der Waals surface area contributed by atoms with Crippen LogP contribution in [0.4, 0.5) is 0 Å². The van der Waals surface area contributed by atoms with Gasteiger partial charge in [0.25, 0.3) is 0 Å². The van der Waals surface area contributed by atoms with Crippen LogP contribution in [0.25, 0.3) is 0 Å². The second kappa shape index (κ2) is 6.16. The molecule has 0 aromatic heterocycles. The predicted molar refractivity (Wildman–Crippen MR) is 51.4 cm³/mol. The minimum absolute atomic E-state index is 0.185. The molecule has 0 bridgehead atoms. The van der Waals surface area contributed by atoms with E-state index in [-0.39, 0.29) is 5.70 Å². The lowest BCUT2D eigenvalue weighted by Crippen LogP contribution is -1.97. The summed E-state index contributed by atoms with van der Waals surface area (Å²) in [4.78, 5) is 10.1. The normalized spacial score (nSPS) is 12.6. The van der Waals surface area contributed by atoms with Gasteiger partial charge in [-0.3, -0.25) is 4.79 Å². The Bertz CT molecular complexity index is 247. The lowest BCUT2D eigenvalue weighted by atomic mass is 10.2. The molecule has 0 rings (SSSR count). The highest BCUT2D eigenvalue weighted by molar-refractivity contribution is 5.72. The van der Waals surface area contributed by atoms with Crippen molar-refractivity contribution in [3.05, 3.63) is 48.2 Å². The Labute approximate surface area is 72.8 Å². The van der Waals surface area contributed by atoms with Gasteiger partial charge in [-0.15, -0.1) is 0 Å². The van der Waals surface area contributed by atoms with Gasteiger partial charge in [-0.1, -0.05) is 30.9 Å². The molecule has 0 aliphatic rings. The first kappa shape index (κ1) is 10.4. The first-order chi connectivity index (χ1) is 5.70. The van der Waals surface area contributed by atoms with Crippen LogP contribution in [-0.2, 0) is 4.79 Å². The highest BCUT2D eigenvalue weighted by atomic mass is 16.1. The van der Waals surface area contributed by atoms with Gasteiger partial charge in [-0.2, -0.15) is 0 Å². The number of rotatable bonds is 4. The molecule has 0 spiro atoms. The van der Waals surface area contributed by atoms with Crippen LogP contribution in [0, 0.1) is 0 Å². The molecule has 2 N–H and O–H groups in total. The molecule has 64 valence electrons. The van der Waals surface area contributed by atoms with Crippen LogP contribution in [0.3, 0.4) is 0 Å². The minimum atomic E-state index is 0.185. The fraction of sp³-hybridized carbons (Fsp3) is 0.100. The van der Waals surface area contributed by atoms with E-state index in [1.165, 1.54) is 6.08 Å². The molecule has 0 aromatic rings. The average Bonchev–Trinajstić information content (AvgIpc) is 2.05. The Balaban J connectivity index is 4.14. The van der Waals surface area contributed by atoms with Crippen LogP contribution >= 0.6 is 0 Å². The summed E-state index contributed by atoms with van der Waals surface area (Å²) in [6.45, 7) is 5.60. The lowest BCUT2D eigenvalue weighted by molar-refractivity contribution is -0.104. The highest BCUT2D eigenvalue weighted by Gasteiger charge is 1.84. The molecule has 2 nitrogen and oxygen atoms in total. The lowest BCUT2D eigenvalue weighted by Gasteiger charge is -1.89. The first-order valence-electron chi connectivity index (χ1n) is 3.61. The Hall–Kier alpha value is -1.57. The van der Waals surface area contributed by atoms with Gasteiger partial charge >= 0.3 is 0 Å². The van der Waals surface area contributed by atoms with Gasteiger partial charge in [0.1, 0.15) is 0 Å². The van der Waals surface area contributed by atoms with E-state index in [1.54, 1.807) is 6.08 Å². The SMILES string of the molecule is C=C(/C=C\C=C/C)/C=C(\N)C=O. The largest absolute Gasteiger partial charge is 0.396 e. The summed E-state index contributed by atoms with van der Waals surface area (Å²) < 4.78 is 0. The van der Waals surface area contributed by atoms with Crippen LogP contribution in [0.1, 0.15) is 6.92 Å². The number of hydrogen-bond acceptors (Lipinski definition) is 2. The van der Waals surface area contributed by atoms with Crippen molar-refractivity contribution in [2.45, 2.75) is 6.92 Å². The standard InChI is InChI=1S/C10H13NO/c1-3-4-5-6-9(2)7-10(11)8-12/h3-8H,2,11H2,1H3/b4-3-,6-5-,10-7-. The first-order valence-corrected chi connectivity index (χ1v) is 3.61. The van der Waals surface area contributed by atoms with Crippen molar-refractivity contribution >= 4 is 6.29 Å². The van der Waals surface area contributed by atoms with Gasteiger partial charge in [-0.05, 0) is 18.6 Å². The molecule has 0 heterocycles. The molecule has 12 heavy (non-hydrogen) atoms.